The van der Waals surface area contributed by atoms with Crippen molar-refractivity contribution >= 4 is 23.5 Å². The van der Waals surface area contributed by atoms with E-state index in [2.05, 4.69) is 11.8 Å². The van der Waals surface area contributed by atoms with Gasteiger partial charge in [-0.15, -0.1) is 0 Å². The molecule has 1 aromatic rings. The van der Waals surface area contributed by atoms with Crippen LogP contribution in [0, 0.1) is 0 Å². The molecule has 7 heteroatoms. The Kier molecular flexibility index (Phi) is 5.88. The molecule has 2 N–H and O–H groups in total. The van der Waals surface area contributed by atoms with Gasteiger partial charge in [0.2, 0.25) is 0 Å². The fourth-order valence-corrected chi connectivity index (χ4v) is 4.09. The molecule has 0 saturated carbocycles. The molecule has 1 aliphatic heterocycles. The number of alkyl halides is 3. The van der Waals surface area contributed by atoms with E-state index in [1.165, 1.54) is 12.1 Å². The van der Waals surface area contributed by atoms with E-state index >= 15 is 0 Å². The van der Waals surface area contributed by atoms with Crippen molar-refractivity contribution in [2.75, 3.05) is 25.4 Å². The summed E-state index contributed by atoms with van der Waals surface area (Å²) in [5.74, 6) is 1.07. The van der Waals surface area contributed by atoms with Gasteiger partial charge in [-0.1, -0.05) is 19.1 Å². The third-order valence-corrected chi connectivity index (χ3v) is 5.31. The molecular weight excluding hydrogens is 317 g/mol. The maximum absolute atomic E-state index is 12.3. The lowest BCUT2D eigenvalue weighted by atomic mass is 10.1. The highest BCUT2D eigenvalue weighted by Crippen LogP contribution is 2.37. The number of halogens is 3. The standard InChI is InChI=1S/C14H19F3N2S2/c1-10-9-19(6-7-20-10)13(8-18)11-2-4-12(5-3-11)21-14(15,16)17/h2-5,10,13H,6-9,18H2,1H3. The van der Waals surface area contributed by atoms with Crippen molar-refractivity contribution in [3.63, 3.8) is 0 Å². The van der Waals surface area contributed by atoms with Crippen LogP contribution in [0.4, 0.5) is 13.2 Å². The predicted molar refractivity (Wildman–Crippen MR) is 83.6 cm³/mol. The van der Waals surface area contributed by atoms with Gasteiger partial charge in [0.1, 0.15) is 0 Å². The SMILES string of the molecule is CC1CN(C(CN)c2ccc(SC(F)(F)F)cc2)CCS1. The first-order valence-electron chi connectivity index (χ1n) is 6.80. The third kappa shape index (κ3) is 5.09. The van der Waals surface area contributed by atoms with Gasteiger partial charge < -0.3 is 5.73 Å². The van der Waals surface area contributed by atoms with Crippen molar-refractivity contribution in [2.24, 2.45) is 5.73 Å². The van der Waals surface area contributed by atoms with Gasteiger partial charge in [-0.25, -0.2) is 0 Å². The minimum atomic E-state index is -4.24. The molecule has 1 fully saturated rings. The van der Waals surface area contributed by atoms with Gasteiger partial charge >= 0.3 is 5.51 Å². The highest BCUT2D eigenvalue weighted by molar-refractivity contribution is 8.00. The molecule has 0 aromatic heterocycles. The van der Waals surface area contributed by atoms with Crippen LogP contribution in [0.2, 0.25) is 0 Å². The van der Waals surface area contributed by atoms with Crippen LogP contribution >= 0.6 is 23.5 Å². The van der Waals surface area contributed by atoms with Crippen molar-refractivity contribution < 1.29 is 13.2 Å². The Labute approximate surface area is 131 Å². The maximum Gasteiger partial charge on any atom is 0.446 e. The van der Waals surface area contributed by atoms with Crippen LogP contribution in [0.5, 0.6) is 0 Å². The van der Waals surface area contributed by atoms with Crippen LogP contribution in [0.1, 0.15) is 18.5 Å². The monoisotopic (exact) mass is 336 g/mol. The van der Waals surface area contributed by atoms with Crippen LogP contribution in [-0.2, 0) is 0 Å². The highest BCUT2D eigenvalue weighted by atomic mass is 32.2. The van der Waals surface area contributed by atoms with Crippen molar-refractivity contribution in [3.8, 4) is 0 Å². The fourth-order valence-electron chi connectivity index (χ4n) is 2.52. The Hall–Kier alpha value is -0.370. The van der Waals surface area contributed by atoms with Crippen LogP contribution in [-0.4, -0.2) is 41.0 Å². The van der Waals surface area contributed by atoms with Gasteiger partial charge in [-0.05, 0) is 29.5 Å². The average molecular weight is 336 g/mol. The summed E-state index contributed by atoms with van der Waals surface area (Å²) in [4.78, 5) is 2.54. The smallest absolute Gasteiger partial charge is 0.329 e. The zero-order valence-corrected chi connectivity index (χ0v) is 13.4. The van der Waals surface area contributed by atoms with E-state index in [1.807, 2.05) is 11.8 Å². The minimum absolute atomic E-state index is 0.0817. The molecule has 118 valence electrons. The zero-order valence-electron chi connectivity index (χ0n) is 11.8. The molecule has 0 amide bonds. The first-order chi connectivity index (χ1) is 9.89. The number of thioether (sulfide) groups is 2. The number of rotatable bonds is 4. The first-order valence-corrected chi connectivity index (χ1v) is 8.67. The molecule has 2 atom stereocenters. The molecule has 0 aliphatic carbocycles. The van der Waals surface area contributed by atoms with E-state index in [0.29, 0.717) is 11.8 Å². The second kappa shape index (κ2) is 7.26. The van der Waals surface area contributed by atoms with E-state index in [1.54, 1.807) is 12.1 Å². The molecule has 0 radical (unpaired) electrons. The highest BCUT2D eigenvalue weighted by Gasteiger charge is 2.29. The second-order valence-corrected chi connectivity index (χ2v) is 7.73. The summed E-state index contributed by atoms with van der Waals surface area (Å²) < 4.78 is 37.0. The summed E-state index contributed by atoms with van der Waals surface area (Å²) in [7, 11) is 0. The molecule has 2 nitrogen and oxygen atoms in total. The molecule has 21 heavy (non-hydrogen) atoms. The van der Waals surface area contributed by atoms with Gasteiger partial charge in [0, 0.05) is 41.6 Å². The number of nitrogens with two attached hydrogens (primary N) is 1. The first kappa shape index (κ1) is 17.0. The largest absolute Gasteiger partial charge is 0.446 e. The Balaban J connectivity index is 2.08. The maximum atomic E-state index is 12.3. The van der Waals surface area contributed by atoms with Crippen LogP contribution in [0.3, 0.4) is 0 Å². The molecule has 1 aliphatic rings. The fraction of sp³-hybridized carbons (Fsp3) is 0.571. The third-order valence-electron chi connectivity index (χ3n) is 3.43. The van der Waals surface area contributed by atoms with Crippen molar-refractivity contribution in [1.82, 2.24) is 4.90 Å². The molecule has 0 spiro atoms. The lowest BCUT2D eigenvalue weighted by Gasteiger charge is -2.36. The summed E-state index contributed by atoms with van der Waals surface area (Å²) in [6.07, 6.45) is 0. The average Bonchev–Trinajstić information content (AvgIpc) is 2.40. The van der Waals surface area contributed by atoms with Crippen LogP contribution in [0.15, 0.2) is 29.2 Å². The minimum Gasteiger partial charge on any atom is -0.329 e. The molecular formula is C14H19F3N2S2. The summed E-state index contributed by atoms with van der Waals surface area (Å²) in [5, 5.41) is 0.563. The number of hydrogen-bond donors (Lipinski definition) is 1. The topological polar surface area (TPSA) is 29.3 Å². The Bertz CT molecular complexity index is 451. The molecule has 1 saturated heterocycles. The number of nitrogens with zero attached hydrogens (tertiary/aromatic N) is 1. The van der Waals surface area contributed by atoms with E-state index in [-0.39, 0.29) is 22.7 Å². The van der Waals surface area contributed by atoms with Gasteiger partial charge in [-0.3, -0.25) is 4.90 Å². The quantitative estimate of drug-likeness (QED) is 0.848. The zero-order chi connectivity index (χ0) is 15.5. The van der Waals surface area contributed by atoms with Crippen molar-refractivity contribution in [1.29, 1.82) is 0 Å². The molecule has 1 aromatic carbocycles. The molecule has 2 rings (SSSR count). The van der Waals surface area contributed by atoms with E-state index in [0.717, 1.165) is 24.4 Å². The van der Waals surface area contributed by atoms with Crippen LogP contribution in [0.25, 0.3) is 0 Å². The Morgan fingerprint density at radius 1 is 1.38 bits per heavy atom. The second-order valence-electron chi connectivity index (χ2n) is 5.04. The van der Waals surface area contributed by atoms with Crippen molar-refractivity contribution in [2.45, 2.75) is 28.6 Å². The van der Waals surface area contributed by atoms with E-state index in [4.69, 9.17) is 5.73 Å². The van der Waals surface area contributed by atoms with Gasteiger partial charge in [0.25, 0.3) is 0 Å². The summed E-state index contributed by atoms with van der Waals surface area (Å²) in [6, 6.07) is 6.66. The van der Waals surface area contributed by atoms with Gasteiger partial charge in [0.15, 0.2) is 0 Å². The van der Waals surface area contributed by atoms with Gasteiger partial charge in [-0.2, -0.15) is 24.9 Å². The number of hydrogen-bond acceptors (Lipinski definition) is 4. The normalized spacial score (nSPS) is 22.2. The Morgan fingerprint density at radius 3 is 2.57 bits per heavy atom. The molecule has 1 heterocycles. The lowest BCUT2D eigenvalue weighted by molar-refractivity contribution is -0.0328. The van der Waals surface area contributed by atoms with E-state index in [9.17, 15) is 13.2 Å². The molecule has 2 unspecified atom stereocenters. The van der Waals surface area contributed by atoms with Gasteiger partial charge in [0.05, 0.1) is 0 Å². The molecule has 0 bridgehead atoms. The lowest BCUT2D eigenvalue weighted by Crippen LogP contribution is -2.42. The number of benzene rings is 1. The van der Waals surface area contributed by atoms with Crippen LogP contribution < -0.4 is 5.73 Å². The summed E-state index contributed by atoms with van der Waals surface area (Å²) >= 11 is 1.86. The Morgan fingerprint density at radius 2 is 2.05 bits per heavy atom. The van der Waals surface area contributed by atoms with Crippen molar-refractivity contribution in [3.05, 3.63) is 29.8 Å². The summed E-state index contributed by atoms with van der Waals surface area (Å²) in [5.41, 5.74) is 2.63. The van der Waals surface area contributed by atoms with E-state index < -0.39 is 5.51 Å². The summed E-state index contributed by atoms with van der Waals surface area (Å²) in [6.45, 7) is 4.60. The predicted octanol–water partition coefficient (Wildman–Crippen LogP) is 3.74.